The molecule has 1 aliphatic carbocycles. The van der Waals surface area contributed by atoms with Crippen molar-refractivity contribution in [2.75, 3.05) is 6.54 Å². The van der Waals surface area contributed by atoms with E-state index in [-0.39, 0.29) is 18.1 Å². The summed E-state index contributed by atoms with van der Waals surface area (Å²) in [5.74, 6) is 0.105. The molecule has 1 aromatic rings. The van der Waals surface area contributed by atoms with E-state index in [1.807, 2.05) is 0 Å². The van der Waals surface area contributed by atoms with Crippen molar-refractivity contribution in [3.8, 4) is 0 Å². The maximum Gasteiger partial charge on any atom is 0.252 e. The molecule has 0 spiro atoms. The third-order valence-corrected chi connectivity index (χ3v) is 8.13. The Morgan fingerprint density at radius 2 is 1.90 bits per heavy atom. The van der Waals surface area contributed by atoms with E-state index >= 15 is 0 Å². The summed E-state index contributed by atoms with van der Waals surface area (Å²) in [6, 6.07) is 3.44. The zero-order valence-electron chi connectivity index (χ0n) is 12.1. The fourth-order valence-electron chi connectivity index (χ4n) is 3.77. The standard InChI is InChI=1S/C15H23NO3S2/c17-14-8-2-1-6-12(14)13-7-3-4-10-16(13)21(18,19)15-9-5-11-20-15/h5,9,11-14,17H,1-4,6-8,10H2. The van der Waals surface area contributed by atoms with Gasteiger partial charge in [0, 0.05) is 18.5 Å². The zero-order valence-corrected chi connectivity index (χ0v) is 13.8. The van der Waals surface area contributed by atoms with Crippen molar-refractivity contribution < 1.29 is 13.5 Å². The van der Waals surface area contributed by atoms with Gasteiger partial charge in [0.15, 0.2) is 0 Å². The summed E-state index contributed by atoms with van der Waals surface area (Å²) in [5.41, 5.74) is 0. The van der Waals surface area contributed by atoms with Crippen molar-refractivity contribution >= 4 is 21.4 Å². The molecule has 0 amide bonds. The Bertz CT molecular complexity index is 555. The Hall–Kier alpha value is -0.430. The summed E-state index contributed by atoms with van der Waals surface area (Å²) in [6.07, 6.45) is 6.44. The van der Waals surface area contributed by atoms with Crippen LogP contribution in [0.3, 0.4) is 0 Å². The van der Waals surface area contributed by atoms with Crippen LogP contribution in [0, 0.1) is 5.92 Å². The molecule has 2 fully saturated rings. The van der Waals surface area contributed by atoms with Gasteiger partial charge in [-0.2, -0.15) is 4.31 Å². The van der Waals surface area contributed by atoms with Crippen LogP contribution in [0.1, 0.15) is 44.9 Å². The molecule has 2 aliphatic rings. The number of rotatable bonds is 3. The lowest BCUT2D eigenvalue weighted by atomic mass is 9.79. The highest BCUT2D eigenvalue weighted by Crippen LogP contribution is 2.37. The Labute approximate surface area is 130 Å². The van der Waals surface area contributed by atoms with Crippen molar-refractivity contribution in [3.05, 3.63) is 17.5 Å². The Morgan fingerprint density at radius 3 is 2.62 bits per heavy atom. The van der Waals surface area contributed by atoms with Gasteiger partial charge in [-0.15, -0.1) is 11.3 Å². The summed E-state index contributed by atoms with van der Waals surface area (Å²) in [7, 11) is -3.40. The van der Waals surface area contributed by atoms with Crippen LogP contribution in [0.15, 0.2) is 21.7 Å². The van der Waals surface area contributed by atoms with Crippen molar-refractivity contribution in [2.24, 2.45) is 5.92 Å². The quantitative estimate of drug-likeness (QED) is 0.928. The van der Waals surface area contributed by atoms with E-state index in [0.717, 1.165) is 44.9 Å². The van der Waals surface area contributed by atoms with E-state index in [2.05, 4.69) is 0 Å². The van der Waals surface area contributed by atoms with Gasteiger partial charge in [-0.05, 0) is 37.1 Å². The van der Waals surface area contributed by atoms with Gasteiger partial charge < -0.3 is 5.11 Å². The summed E-state index contributed by atoms with van der Waals surface area (Å²) in [5, 5.41) is 12.1. The van der Waals surface area contributed by atoms with Crippen LogP contribution in [0.4, 0.5) is 0 Å². The van der Waals surface area contributed by atoms with E-state index in [1.165, 1.54) is 11.3 Å². The second-order valence-electron chi connectivity index (χ2n) is 6.13. The minimum Gasteiger partial charge on any atom is -0.393 e. The fraction of sp³-hybridized carbons (Fsp3) is 0.733. The molecule has 1 aliphatic heterocycles. The smallest absolute Gasteiger partial charge is 0.252 e. The van der Waals surface area contributed by atoms with Gasteiger partial charge in [0.1, 0.15) is 4.21 Å². The summed E-state index contributed by atoms with van der Waals surface area (Å²) >= 11 is 1.28. The molecule has 3 atom stereocenters. The number of hydrogen-bond donors (Lipinski definition) is 1. The molecule has 6 heteroatoms. The first-order chi connectivity index (χ1) is 10.1. The molecule has 1 N–H and O–H groups in total. The molecule has 0 radical (unpaired) electrons. The first-order valence-electron chi connectivity index (χ1n) is 7.84. The van der Waals surface area contributed by atoms with Gasteiger partial charge in [0.25, 0.3) is 10.0 Å². The average molecular weight is 329 g/mol. The van der Waals surface area contributed by atoms with Crippen LogP contribution in [-0.2, 0) is 10.0 Å². The third-order valence-electron chi connectivity index (χ3n) is 4.83. The molecular formula is C15H23NO3S2. The number of sulfonamides is 1. The van der Waals surface area contributed by atoms with Crippen LogP contribution >= 0.6 is 11.3 Å². The molecule has 1 saturated heterocycles. The number of piperidine rings is 1. The predicted octanol–water partition coefficient (Wildman–Crippen LogP) is 2.84. The lowest BCUT2D eigenvalue weighted by Gasteiger charge is -2.42. The minimum absolute atomic E-state index is 0.0267. The maximum absolute atomic E-state index is 12.9. The van der Waals surface area contributed by atoms with E-state index in [9.17, 15) is 13.5 Å². The normalized spacial score (nSPS) is 32.1. The third kappa shape index (κ3) is 3.04. The van der Waals surface area contributed by atoms with Crippen molar-refractivity contribution in [1.29, 1.82) is 0 Å². The topological polar surface area (TPSA) is 57.6 Å². The number of thiophene rings is 1. The molecule has 4 nitrogen and oxygen atoms in total. The molecule has 118 valence electrons. The first kappa shape index (κ1) is 15.5. The van der Waals surface area contributed by atoms with Gasteiger partial charge >= 0.3 is 0 Å². The summed E-state index contributed by atoms with van der Waals surface area (Å²) in [6.45, 7) is 0.591. The van der Waals surface area contributed by atoms with Crippen molar-refractivity contribution in [3.63, 3.8) is 0 Å². The molecule has 2 heterocycles. The monoisotopic (exact) mass is 329 g/mol. The number of nitrogens with zero attached hydrogens (tertiary/aromatic N) is 1. The molecule has 3 rings (SSSR count). The number of aliphatic hydroxyl groups excluding tert-OH is 1. The van der Waals surface area contributed by atoms with Gasteiger partial charge in [0.05, 0.1) is 6.10 Å². The van der Waals surface area contributed by atoms with E-state index < -0.39 is 10.0 Å². The van der Waals surface area contributed by atoms with Gasteiger partial charge in [-0.25, -0.2) is 8.42 Å². The Kier molecular flexibility index (Phi) is 4.69. The lowest BCUT2D eigenvalue weighted by molar-refractivity contribution is 0.0204. The highest BCUT2D eigenvalue weighted by Gasteiger charge is 2.41. The minimum atomic E-state index is -3.40. The van der Waals surface area contributed by atoms with E-state index in [1.54, 1.807) is 21.8 Å². The van der Waals surface area contributed by atoms with Crippen LogP contribution in [-0.4, -0.2) is 36.5 Å². The van der Waals surface area contributed by atoms with Crippen LogP contribution in [0.5, 0.6) is 0 Å². The average Bonchev–Trinajstić information content (AvgIpc) is 3.03. The second kappa shape index (κ2) is 6.36. The lowest BCUT2D eigenvalue weighted by Crippen LogP contribution is -2.50. The van der Waals surface area contributed by atoms with Gasteiger partial charge in [0.2, 0.25) is 0 Å². The van der Waals surface area contributed by atoms with Crippen molar-refractivity contribution in [2.45, 2.75) is 61.3 Å². The largest absolute Gasteiger partial charge is 0.393 e. The molecule has 1 aromatic heterocycles. The SMILES string of the molecule is O=S(=O)(c1cccs1)N1CCCCC1C1CCCCC1O. The zero-order chi connectivity index (χ0) is 14.9. The molecule has 21 heavy (non-hydrogen) atoms. The molecule has 1 saturated carbocycles. The summed E-state index contributed by atoms with van der Waals surface area (Å²) < 4.78 is 27.8. The highest BCUT2D eigenvalue weighted by molar-refractivity contribution is 7.91. The van der Waals surface area contributed by atoms with Gasteiger partial charge in [-0.3, -0.25) is 0 Å². The van der Waals surface area contributed by atoms with Crippen LogP contribution < -0.4 is 0 Å². The van der Waals surface area contributed by atoms with E-state index in [4.69, 9.17) is 0 Å². The molecular weight excluding hydrogens is 306 g/mol. The molecule has 0 aromatic carbocycles. The maximum atomic E-state index is 12.9. The first-order valence-corrected chi connectivity index (χ1v) is 10.2. The number of hydrogen-bond acceptors (Lipinski definition) is 4. The molecule has 3 unspecified atom stereocenters. The fourth-order valence-corrected chi connectivity index (χ4v) is 6.63. The number of aliphatic hydroxyl groups is 1. The Morgan fingerprint density at radius 1 is 1.14 bits per heavy atom. The predicted molar refractivity (Wildman–Crippen MR) is 83.8 cm³/mol. The van der Waals surface area contributed by atoms with Gasteiger partial charge in [-0.1, -0.05) is 25.3 Å². The molecule has 0 bridgehead atoms. The van der Waals surface area contributed by atoms with Crippen LogP contribution in [0.2, 0.25) is 0 Å². The Balaban J connectivity index is 1.88. The van der Waals surface area contributed by atoms with Crippen molar-refractivity contribution in [1.82, 2.24) is 4.31 Å². The van der Waals surface area contributed by atoms with E-state index in [0.29, 0.717) is 10.8 Å². The highest BCUT2D eigenvalue weighted by atomic mass is 32.2. The second-order valence-corrected chi connectivity index (χ2v) is 9.19. The van der Waals surface area contributed by atoms with Crippen LogP contribution in [0.25, 0.3) is 0 Å². The summed E-state index contributed by atoms with van der Waals surface area (Å²) in [4.78, 5) is 0.